The summed E-state index contributed by atoms with van der Waals surface area (Å²) in [6.07, 6.45) is -4.71. The normalized spacial score (nSPS) is 14.5. The number of nitrogens with two attached hydrogens (primary N) is 1. The number of halogens is 6. The zero-order valence-electron chi connectivity index (χ0n) is 7.09. The van der Waals surface area contributed by atoms with Gasteiger partial charge >= 0.3 is 12.1 Å². The summed E-state index contributed by atoms with van der Waals surface area (Å²) in [4.78, 5) is 0. The van der Waals surface area contributed by atoms with Gasteiger partial charge < -0.3 is 10.2 Å². The molecule has 2 nitrogen and oxygen atoms in total. The molecule has 1 rings (SSSR count). The van der Waals surface area contributed by atoms with Gasteiger partial charge in [-0.1, -0.05) is 0 Å². The van der Waals surface area contributed by atoms with Crippen LogP contribution in [0, 0.1) is 0 Å². The molecule has 0 saturated heterocycles. The first kappa shape index (κ1) is 14.2. The summed E-state index contributed by atoms with van der Waals surface area (Å²) in [5.74, 6) is -5.60. The molecule has 88 valence electrons. The van der Waals surface area contributed by atoms with Crippen molar-refractivity contribution >= 4 is 12.4 Å². The van der Waals surface area contributed by atoms with Gasteiger partial charge in [-0.05, 0) is 12.1 Å². The molecule has 15 heavy (non-hydrogen) atoms. The van der Waals surface area contributed by atoms with E-state index in [0.29, 0.717) is 0 Å². The summed E-state index contributed by atoms with van der Waals surface area (Å²) in [6.45, 7) is 0. The minimum absolute atomic E-state index is 0. The standard InChI is InChI=1S/C7H6F5NO.ClH/c8-6(9,7(10,11)12)5(13)4-2-1-3-14-4;/h1-3,5H,13H2;1H/t5-;/m0./s1. The Balaban J connectivity index is 0.00000196. The van der Waals surface area contributed by atoms with E-state index in [9.17, 15) is 22.0 Å². The van der Waals surface area contributed by atoms with E-state index < -0.39 is 23.9 Å². The number of rotatable bonds is 2. The third-order valence-electron chi connectivity index (χ3n) is 1.62. The fourth-order valence-corrected chi connectivity index (χ4v) is 0.823. The molecule has 1 aromatic rings. The predicted octanol–water partition coefficient (Wildman–Crippen LogP) is 2.90. The highest BCUT2D eigenvalue weighted by atomic mass is 35.5. The minimum Gasteiger partial charge on any atom is -0.467 e. The average molecular weight is 252 g/mol. The van der Waals surface area contributed by atoms with Gasteiger partial charge in [0.2, 0.25) is 0 Å². The van der Waals surface area contributed by atoms with Crippen LogP contribution in [0.1, 0.15) is 11.8 Å². The molecule has 1 heterocycles. The summed E-state index contributed by atoms with van der Waals surface area (Å²) in [5.41, 5.74) is 4.74. The maximum atomic E-state index is 12.6. The molecule has 8 heteroatoms. The molecule has 0 unspecified atom stereocenters. The molecule has 0 aliphatic rings. The van der Waals surface area contributed by atoms with Crippen LogP contribution in [0.3, 0.4) is 0 Å². The van der Waals surface area contributed by atoms with Gasteiger partial charge in [-0.25, -0.2) is 0 Å². The van der Waals surface area contributed by atoms with Crippen LogP contribution in [0.4, 0.5) is 22.0 Å². The zero-order valence-corrected chi connectivity index (χ0v) is 7.91. The number of furan rings is 1. The van der Waals surface area contributed by atoms with E-state index in [4.69, 9.17) is 5.73 Å². The van der Waals surface area contributed by atoms with E-state index in [2.05, 4.69) is 4.42 Å². The summed E-state index contributed by atoms with van der Waals surface area (Å²) >= 11 is 0. The molecule has 2 N–H and O–H groups in total. The van der Waals surface area contributed by atoms with Crippen molar-refractivity contribution in [3.63, 3.8) is 0 Å². The van der Waals surface area contributed by atoms with Gasteiger partial charge in [-0.15, -0.1) is 12.4 Å². The molecule has 0 bridgehead atoms. The second-order valence-corrected chi connectivity index (χ2v) is 2.61. The molecule has 0 saturated carbocycles. The van der Waals surface area contributed by atoms with Crippen LogP contribution in [0.5, 0.6) is 0 Å². The molecule has 1 atom stereocenters. The highest BCUT2D eigenvalue weighted by molar-refractivity contribution is 5.85. The van der Waals surface area contributed by atoms with Gasteiger partial charge in [0.1, 0.15) is 11.8 Å². The first-order chi connectivity index (χ1) is 6.27. The van der Waals surface area contributed by atoms with Crippen LogP contribution in [0.15, 0.2) is 22.8 Å². The van der Waals surface area contributed by atoms with Gasteiger partial charge in [0.15, 0.2) is 0 Å². The lowest BCUT2D eigenvalue weighted by Gasteiger charge is -2.23. The molecule has 0 amide bonds. The van der Waals surface area contributed by atoms with E-state index in [1.165, 1.54) is 6.07 Å². The van der Waals surface area contributed by atoms with Crippen LogP contribution >= 0.6 is 12.4 Å². The Kier molecular flexibility index (Phi) is 4.12. The molecule has 0 spiro atoms. The van der Waals surface area contributed by atoms with Crippen molar-refractivity contribution in [1.82, 2.24) is 0 Å². The monoisotopic (exact) mass is 251 g/mol. The topological polar surface area (TPSA) is 39.2 Å². The van der Waals surface area contributed by atoms with E-state index >= 15 is 0 Å². The first-order valence-corrected chi connectivity index (χ1v) is 3.50. The third kappa shape index (κ3) is 2.60. The van der Waals surface area contributed by atoms with Gasteiger partial charge in [0.25, 0.3) is 0 Å². The second kappa shape index (κ2) is 4.36. The van der Waals surface area contributed by atoms with Crippen LogP contribution in [0.2, 0.25) is 0 Å². The average Bonchev–Trinajstić information content (AvgIpc) is 2.52. The van der Waals surface area contributed by atoms with E-state index in [1.807, 2.05) is 0 Å². The molecule has 1 aromatic heterocycles. The maximum absolute atomic E-state index is 12.6. The number of hydrogen-bond donors (Lipinski definition) is 1. The Morgan fingerprint density at radius 3 is 2.07 bits per heavy atom. The zero-order chi connectivity index (χ0) is 11.0. The molecular weight excluding hydrogens is 245 g/mol. The van der Waals surface area contributed by atoms with Gasteiger partial charge in [0, 0.05) is 0 Å². The van der Waals surface area contributed by atoms with Crippen LogP contribution in [-0.4, -0.2) is 12.1 Å². The fourth-order valence-electron chi connectivity index (χ4n) is 0.823. The van der Waals surface area contributed by atoms with Crippen molar-refractivity contribution in [3.8, 4) is 0 Å². The summed E-state index contributed by atoms with van der Waals surface area (Å²) < 4.78 is 64.9. The summed E-state index contributed by atoms with van der Waals surface area (Å²) in [6, 6.07) is -0.371. The predicted molar refractivity (Wildman–Crippen MR) is 43.9 cm³/mol. The first-order valence-electron chi connectivity index (χ1n) is 3.50. The Labute approximate surface area is 87.6 Å². The SMILES string of the molecule is Cl.N[C@@H](c1ccco1)C(F)(F)C(F)(F)F. The van der Waals surface area contributed by atoms with Gasteiger partial charge in [-0.2, -0.15) is 22.0 Å². The molecular formula is C7H7ClF5NO. The quantitative estimate of drug-likeness (QED) is 0.821. The van der Waals surface area contributed by atoms with E-state index in [-0.39, 0.29) is 12.4 Å². The van der Waals surface area contributed by atoms with Crippen LogP contribution in [0.25, 0.3) is 0 Å². The molecule has 0 aliphatic heterocycles. The van der Waals surface area contributed by atoms with Crippen molar-refractivity contribution < 1.29 is 26.4 Å². The molecule has 0 aliphatic carbocycles. The fraction of sp³-hybridized carbons (Fsp3) is 0.429. The maximum Gasteiger partial charge on any atom is 0.455 e. The van der Waals surface area contributed by atoms with Crippen LogP contribution in [-0.2, 0) is 0 Å². The lowest BCUT2D eigenvalue weighted by Crippen LogP contribution is -2.45. The lowest BCUT2D eigenvalue weighted by atomic mass is 10.1. The van der Waals surface area contributed by atoms with Crippen molar-refractivity contribution in [2.45, 2.75) is 18.1 Å². The molecule has 0 fully saturated rings. The van der Waals surface area contributed by atoms with Crippen molar-refractivity contribution in [1.29, 1.82) is 0 Å². The third-order valence-corrected chi connectivity index (χ3v) is 1.62. The smallest absolute Gasteiger partial charge is 0.455 e. The lowest BCUT2D eigenvalue weighted by molar-refractivity contribution is -0.292. The van der Waals surface area contributed by atoms with Gasteiger partial charge in [0.05, 0.1) is 6.26 Å². The molecule has 0 radical (unpaired) electrons. The van der Waals surface area contributed by atoms with Crippen LogP contribution < -0.4 is 5.73 Å². The number of alkyl halides is 5. The number of hydrogen-bond acceptors (Lipinski definition) is 2. The van der Waals surface area contributed by atoms with Crippen molar-refractivity contribution in [2.75, 3.05) is 0 Å². The Hall–Kier alpha value is -0.820. The Morgan fingerprint density at radius 1 is 1.20 bits per heavy atom. The van der Waals surface area contributed by atoms with E-state index in [1.54, 1.807) is 0 Å². The second-order valence-electron chi connectivity index (χ2n) is 2.61. The summed E-state index contributed by atoms with van der Waals surface area (Å²) in [5, 5.41) is 0. The highest BCUT2D eigenvalue weighted by Gasteiger charge is 2.62. The Morgan fingerprint density at radius 2 is 1.73 bits per heavy atom. The van der Waals surface area contributed by atoms with E-state index in [0.717, 1.165) is 12.3 Å². The molecule has 0 aromatic carbocycles. The summed E-state index contributed by atoms with van der Waals surface area (Å²) in [7, 11) is 0. The largest absolute Gasteiger partial charge is 0.467 e. The minimum atomic E-state index is -5.68. The Bertz CT molecular complexity index is 297. The van der Waals surface area contributed by atoms with Crippen molar-refractivity contribution in [2.24, 2.45) is 5.73 Å². The van der Waals surface area contributed by atoms with Gasteiger partial charge in [-0.3, -0.25) is 0 Å². The van der Waals surface area contributed by atoms with Crippen molar-refractivity contribution in [3.05, 3.63) is 24.2 Å². The highest BCUT2D eigenvalue weighted by Crippen LogP contribution is 2.43.